The lowest BCUT2D eigenvalue weighted by atomic mass is 9.66. The van der Waals surface area contributed by atoms with Gasteiger partial charge in [0.15, 0.2) is 0 Å². The fourth-order valence-electron chi connectivity index (χ4n) is 5.89. The Kier molecular flexibility index (Phi) is 9.07. The highest BCUT2D eigenvalue weighted by Crippen LogP contribution is 2.51. The number of hydrogen-bond donors (Lipinski definition) is 0. The molecular formula is C33H38FN3O5. The van der Waals surface area contributed by atoms with E-state index in [2.05, 4.69) is 6.07 Å². The molecule has 42 heavy (non-hydrogen) atoms. The number of amides is 2. The van der Waals surface area contributed by atoms with E-state index in [1.54, 1.807) is 58.0 Å². The second-order valence-electron chi connectivity index (χ2n) is 11.7. The van der Waals surface area contributed by atoms with E-state index in [1.165, 1.54) is 24.1 Å². The van der Waals surface area contributed by atoms with Gasteiger partial charge in [-0.3, -0.25) is 4.79 Å². The smallest absolute Gasteiger partial charge is 0.410 e. The van der Waals surface area contributed by atoms with Crippen molar-refractivity contribution in [2.24, 2.45) is 0 Å². The third-order valence-corrected chi connectivity index (χ3v) is 7.87. The summed E-state index contributed by atoms with van der Waals surface area (Å²) in [6.07, 6.45) is -0.164. The molecule has 1 fully saturated rings. The highest BCUT2D eigenvalue weighted by Gasteiger charge is 2.47. The van der Waals surface area contributed by atoms with Gasteiger partial charge >= 0.3 is 6.09 Å². The number of halogens is 1. The molecule has 0 radical (unpaired) electrons. The van der Waals surface area contributed by atoms with E-state index in [0.717, 1.165) is 21.9 Å². The van der Waals surface area contributed by atoms with Gasteiger partial charge in [0.25, 0.3) is 0 Å². The first-order chi connectivity index (χ1) is 19.9. The normalized spacial score (nSPS) is 15.5. The zero-order valence-corrected chi connectivity index (χ0v) is 25.1. The van der Waals surface area contributed by atoms with E-state index < -0.39 is 23.2 Å². The van der Waals surface area contributed by atoms with Crippen LogP contribution in [0.25, 0.3) is 10.8 Å². The van der Waals surface area contributed by atoms with E-state index >= 15 is 0 Å². The lowest BCUT2D eigenvalue weighted by Gasteiger charge is -2.47. The first-order valence-electron chi connectivity index (χ1n) is 13.9. The molecule has 3 aromatic rings. The predicted octanol–water partition coefficient (Wildman–Crippen LogP) is 5.97. The third-order valence-electron chi connectivity index (χ3n) is 7.87. The van der Waals surface area contributed by atoms with Crippen LogP contribution < -0.4 is 4.74 Å². The molecule has 9 heteroatoms. The quantitative estimate of drug-likeness (QED) is 0.345. The summed E-state index contributed by atoms with van der Waals surface area (Å²) in [6.45, 7) is 5.98. The largest absolute Gasteiger partial charge is 0.495 e. The lowest BCUT2D eigenvalue weighted by Crippen LogP contribution is -2.51. The molecule has 0 bridgehead atoms. The number of likely N-dealkylation sites (N-methyl/N-ethyl adjacent to an activating group) is 1. The minimum atomic E-state index is -0.680. The monoisotopic (exact) mass is 575 g/mol. The molecular weight excluding hydrogens is 537 g/mol. The Labute approximate surface area is 246 Å². The Morgan fingerprint density at radius 2 is 1.74 bits per heavy atom. The summed E-state index contributed by atoms with van der Waals surface area (Å²) in [6, 6.07) is 18.2. The van der Waals surface area contributed by atoms with Gasteiger partial charge in [0, 0.05) is 38.2 Å². The van der Waals surface area contributed by atoms with Gasteiger partial charge in [0.2, 0.25) is 5.91 Å². The summed E-state index contributed by atoms with van der Waals surface area (Å²) in [5.74, 6) is -0.114. The molecule has 1 heterocycles. The number of methoxy groups -OCH3 is 2. The van der Waals surface area contributed by atoms with Crippen molar-refractivity contribution in [2.75, 3.05) is 40.9 Å². The maximum atomic E-state index is 14.1. The lowest BCUT2D eigenvalue weighted by molar-refractivity contribution is -0.134. The molecule has 0 spiro atoms. The number of nitriles is 1. The van der Waals surface area contributed by atoms with Crippen LogP contribution in [0.15, 0.2) is 54.6 Å². The van der Waals surface area contributed by atoms with Crippen molar-refractivity contribution in [3.05, 3.63) is 77.1 Å². The predicted molar refractivity (Wildman–Crippen MR) is 158 cm³/mol. The number of ether oxygens (including phenoxy) is 3. The summed E-state index contributed by atoms with van der Waals surface area (Å²) >= 11 is 0. The number of piperidine rings is 1. The standard InChI is InChI=1S/C33H38FN3O5/c1-32(2,3)42-31(39)36(4)21-27(38)37-17-15-33(16-18-37,24-11-13-25(34)14-12-24)30(41-6)28-26-10-8-7-9-22(26)19-23(20-35)29(28)40-5/h7-14,19,30H,15-18,21H2,1-6H3. The number of hydrogen-bond acceptors (Lipinski definition) is 6. The maximum Gasteiger partial charge on any atom is 0.410 e. The molecule has 1 aliphatic rings. The second kappa shape index (κ2) is 12.4. The molecule has 0 aromatic heterocycles. The molecule has 1 unspecified atom stereocenters. The summed E-state index contributed by atoms with van der Waals surface area (Å²) in [7, 11) is 4.70. The zero-order chi connectivity index (χ0) is 30.7. The van der Waals surface area contributed by atoms with Gasteiger partial charge < -0.3 is 24.0 Å². The Morgan fingerprint density at radius 3 is 2.31 bits per heavy atom. The molecule has 4 rings (SSSR count). The molecule has 0 saturated carbocycles. The van der Waals surface area contributed by atoms with Crippen LogP contribution in [0.3, 0.4) is 0 Å². The van der Waals surface area contributed by atoms with E-state index in [9.17, 15) is 19.2 Å². The van der Waals surface area contributed by atoms with Crippen LogP contribution in [0, 0.1) is 17.1 Å². The van der Waals surface area contributed by atoms with Gasteiger partial charge in [-0.15, -0.1) is 0 Å². The fraction of sp³-hybridized carbons (Fsp3) is 0.424. The van der Waals surface area contributed by atoms with Crippen molar-refractivity contribution in [2.45, 2.75) is 50.7 Å². The molecule has 1 saturated heterocycles. The van der Waals surface area contributed by atoms with Crippen LogP contribution in [-0.2, 0) is 19.7 Å². The van der Waals surface area contributed by atoms with Crippen molar-refractivity contribution < 1.29 is 28.2 Å². The Bertz CT molecular complexity index is 1480. The average molecular weight is 576 g/mol. The van der Waals surface area contributed by atoms with Crippen LogP contribution in [0.4, 0.5) is 9.18 Å². The molecule has 0 N–H and O–H groups in total. The first kappa shape index (κ1) is 30.8. The Balaban J connectivity index is 1.73. The minimum Gasteiger partial charge on any atom is -0.495 e. The molecule has 0 aliphatic carbocycles. The average Bonchev–Trinajstić information content (AvgIpc) is 2.96. The van der Waals surface area contributed by atoms with Gasteiger partial charge in [-0.05, 0) is 68.1 Å². The number of carbonyl (C=O) groups excluding carboxylic acids is 2. The Hall–Kier alpha value is -4.16. The second-order valence-corrected chi connectivity index (χ2v) is 11.7. The number of nitrogens with zero attached hydrogens (tertiary/aromatic N) is 3. The molecule has 1 aliphatic heterocycles. The van der Waals surface area contributed by atoms with Gasteiger partial charge in [-0.2, -0.15) is 5.26 Å². The minimum absolute atomic E-state index is 0.116. The van der Waals surface area contributed by atoms with Crippen LogP contribution in [0.1, 0.15) is 56.4 Å². The van der Waals surface area contributed by atoms with E-state index in [1.807, 2.05) is 24.3 Å². The first-order valence-corrected chi connectivity index (χ1v) is 13.9. The number of rotatable bonds is 7. The van der Waals surface area contributed by atoms with Crippen molar-refractivity contribution in [1.82, 2.24) is 9.80 Å². The summed E-state index contributed by atoms with van der Waals surface area (Å²) < 4.78 is 31.6. The van der Waals surface area contributed by atoms with E-state index in [-0.39, 0.29) is 18.3 Å². The van der Waals surface area contributed by atoms with Crippen molar-refractivity contribution in [1.29, 1.82) is 5.26 Å². The maximum absolute atomic E-state index is 14.1. The van der Waals surface area contributed by atoms with Crippen molar-refractivity contribution >= 4 is 22.8 Å². The third kappa shape index (κ3) is 6.19. The number of fused-ring (bicyclic) bond motifs is 1. The van der Waals surface area contributed by atoms with Gasteiger partial charge in [0.1, 0.15) is 29.8 Å². The highest BCUT2D eigenvalue weighted by atomic mass is 19.1. The molecule has 3 aromatic carbocycles. The SMILES string of the molecule is COc1c(C#N)cc2ccccc2c1C(OC)C1(c2ccc(F)cc2)CCN(C(=O)CN(C)C(=O)OC(C)(C)C)CC1. The van der Waals surface area contributed by atoms with Crippen LogP contribution >= 0.6 is 0 Å². The Morgan fingerprint density at radius 1 is 1.10 bits per heavy atom. The van der Waals surface area contributed by atoms with E-state index in [0.29, 0.717) is 37.2 Å². The number of likely N-dealkylation sites (tertiary alicyclic amines) is 1. The molecule has 1 atom stereocenters. The zero-order valence-electron chi connectivity index (χ0n) is 25.1. The molecule has 8 nitrogen and oxygen atoms in total. The van der Waals surface area contributed by atoms with Gasteiger partial charge in [-0.1, -0.05) is 36.4 Å². The van der Waals surface area contributed by atoms with Crippen molar-refractivity contribution in [3.63, 3.8) is 0 Å². The van der Waals surface area contributed by atoms with Crippen LogP contribution in [0.2, 0.25) is 0 Å². The fourth-order valence-corrected chi connectivity index (χ4v) is 5.89. The van der Waals surface area contributed by atoms with E-state index in [4.69, 9.17) is 14.2 Å². The van der Waals surface area contributed by atoms with Gasteiger partial charge in [-0.25, -0.2) is 9.18 Å². The molecule has 222 valence electrons. The topological polar surface area (TPSA) is 92.1 Å². The molecule has 2 amide bonds. The summed E-state index contributed by atoms with van der Waals surface area (Å²) in [5.41, 5.74) is 0.642. The summed E-state index contributed by atoms with van der Waals surface area (Å²) in [5, 5.41) is 11.7. The van der Waals surface area contributed by atoms with Crippen LogP contribution in [-0.4, -0.2) is 68.3 Å². The van der Waals surface area contributed by atoms with Crippen molar-refractivity contribution in [3.8, 4) is 11.8 Å². The number of benzene rings is 3. The van der Waals surface area contributed by atoms with Gasteiger partial charge in [0.05, 0.1) is 18.8 Å². The summed E-state index contributed by atoms with van der Waals surface area (Å²) in [4.78, 5) is 28.7. The highest BCUT2D eigenvalue weighted by molar-refractivity contribution is 5.90. The van der Waals surface area contributed by atoms with Crippen LogP contribution in [0.5, 0.6) is 5.75 Å². The number of carbonyl (C=O) groups is 2.